The number of ether oxygens (including phenoxy) is 1. The molecule has 0 aliphatic rings. The standard InChI is InChI=1S/C13H18N2O6S/c1-2-21-13(17)10(8-22(18,19)20)15-12(16)11(14)9-6-4-3-5-7-9/h3-7,10-11H,2,8,14H2,1H3,(H,15,16)(H,18,19,20)/t10-,11?/m0/s1. The Hall–Kier alpha value is -1.97. The minimum Gasteiger partial charge on any atom is -0.464 e. The molecule has 8 nitrogen and oxygen atoms in total. The van der Waals surface area contributed by atoms with Crippen LogP contribution in [0, 0.1) is 0 Å². The first-order chi connectivity index (χ1) is 10.2. The lowest BCUT2D eigenvalue weighted by atomic mass is 10.1. The molecule has 0 aromatic heterocycles. The quantitative estimate of drug-likeness (QED) is 0.458. The van der Waals surface area contributed by atoms with Crippen molar-refractivity contribution in [1.29, 1.82) is 0 Å². The van der Waals surface area contributed by atoms with Crippen molar-refractivity contribution in [1.82, 2.24) is 5.32 Å². The highest BCUT2D eigenvalue weighted by molar-refractivity contribution is 7.85. The number of hydrogen-bond acceptors (Lipinski definition) is 6. The number of nitrogens with two attached hydrogens (primary N) is 1. The monoisotopic (exact) mass is 330 g/mol. The molecule has 0 radical (unpaired) electrons. The summed E-state index contributed by atoms with van der Waals surface area (Å²) in [4.78, 5) is 23.7. The highest BCUT2D eigenvalue weighted by Gasteiger charge is 2.29. The van der Waals surface area contributed by atoms with Crippen molar-refractivity contribution >= 4 is 22.0 Å². The summed E-state index contributed by atoms with van der Waals surface area (Å²) < 4.78 is 35.4. The van der Waals surface area contributed by atoms with Crippen LogP contribution >= 0.6 is 0 Å². The maximum absolute atomic E-state index is 12.0. The third-order valence-corrected chi connectivity index (χ3v) is 3.46. The molecule has 0 aliphatic heterocycles. The molecule has 0 saturated heterocycles. The molecule has 0 fully saturated rings. The number of carbonyl (C=O) groups excluding carboxylic acids is 2. The summed E-state index contributed by atoms with van der Waals surface area (Å²) >= 11 is 0. The van der Waals surface area contributed by atoms with Crippen LogP contribution in [0.4, 0.5) is 0 Å². The first-order valence-electron chi connectivity index (χ1n) is 6.47. The zero-order valence-corrected chi connectivity index (χ0v) is 12.7. The number of rotatable bonds is 7. The van der Waals surface area contributed by atoms with Crippen molar-refractivity contribution in [2.75, 3.05) is 12.4 Å². The van der Waals surface area contributed by atoms with Gasteiger partial charge in [-0.15, -0.1) is 0 Å². The molecule has 0 spiro atoms. The lowest BCUT2D eigenvalue weighted by molar-refractivity contribution is -0.146. The Morgan fingerprint density at radius 3 is 2.41 bits per heavy atom. The minimum atomic E-state index is -4.48. The van der Waals surface area contributed by atoms with Gasteiger partial charge in [-0.2, -0.15) is 8.42 Å². The topological polar surface area (TPSA) is 136 Å². The van der Waals surface area contributed by atoms with Gasteiger partial charge in [-0.25, -0.2) is 4.79 Å². The lowest BCUT2D eigenvalue weighted by Crippen LogP contribution is -2.49. The van der Waals surface area contributed by atoms with Gasteiger partial charge in [-0.1, -0.05) is 30.3 Å². The van der Waals surface area contributed by atoms with Gasteiger partial charge >= 0.3 is 5.97 Å². The molecular formula is C13H18N2O6S. The predicted molar refractivity (Wildman–Crippen MR) is 78.3 cm³/mol. The van der Waals surface area contributed by atoms with Crippen LogP contribution in [0.25, 0.3) is 0 Å². The number of esters is 1. The molecule has 1 aromatic carbocycles. The predicted octanol–water partition coefficient (Wildman–Crippen LogP) is -0.378. The van der Waals surface area contributed by atoms with Crippen molar-refractivity contribution in [3.63, 3.8) is 0 Å². The Morgan fingerprint density at radius 2 is 1.91 bits per heavy atom. The number of nitrogens with one attached hydrogen (secondary N) is 1. The maximum Gasteiger partial charge on any atom is 0.329 e. The van der Waals surface area contributed by atoms with Gasteiger partial charge < -0.3 is 15.8 Å². The zero-order chi connectivity index (χ0) is 16.8. The van der Waals surface area contributed by atoms with Crippen LogP contribution in [0.5, 0.6) is 0 Å². The number of benzene rings is 1. The summed E-state index contributed by atoms with van der Waals surface area (Å²) in [5.74, 6) is -2.71. The van der Waals surface area contributed by atoms with Gasteiger partial charge in [0, 0.05) is 0 Å². The summed E-state index contributed by atoms with van der Waals surface area (Å²) in [6.45, 7) is 1.53. The van der Waals surface area contributed by atoms with Crippen molar-refractivity contribution in [2.24, 2.45) is 5.73 Å². The van der Waals surface area contributed by atoms with Gasteiger partial charge in [-0.3, -0.25) is 9.35 Å². The van der Waals surface area contributed by atoms with E-state index in [1.54, 1.807) is 30.3 Å². The smallest absolute Gasteiger partial charge is 0.329 e. The van der Waals surface area contributed by atoms with E-state index in [1.807, 2.05) is 0 Å². The Labute approximate surface area is 128 Å². The third-order valence-electron chi connectivity index (χ3n) is 2.71. The van der Waals surface area contributed by atoms with Crippen molar-refractivity contribution in [3.05, 3.63) is 35.9 Å². The molecule has 4 N–H and O–H groups in total. The van der Waals surface area contributed by atoms with Gasteiger partial charge in [0.25, 0.3) is 10.1 Å². The van der Waals surface area contributed by atoms with Crippen LogP contribution < -0.4 is 11.1 Å². The molecular weight excluding hydrogens is 312 g/mol. The van der Waals surface area contributed by atoms with E-state index in [-0.39, 0.29) is 6.61 Å². The van der Waals surface area contributed by atoms with E-state index in [0.717, 1.165) is 0 Å². The summed E-state index contributed by atoms with van der Waals surface area (Å²) in [5.41, 5.74) is 6.24. The van der Waals surface area contributed by atoms with E-state index in [4.69, 9.17) is 10.3 Å². The second-order valence-corrected chi connectivity index (χ2v) is 5.95. The molecule has 0 aliphatic carbocycles. The SMILES string of the molecule is CCOC(=O)[C@H](CS(=O)(=O)O)NC(=O)C(N)c1ccccc1. The van der Waals surface area contributed by atoms with Crippen molar-refractivity contribution in [2.45, 2.75) is 19.0 Å². The van der Waals surface area contributed by atoms with Crippen LogP contribution in [0.15, 0.2) is 30.3 Å². The largest absolute Gasteiger partial charge is 0.464 e. The fraction of sp³-hybridized carbons (Fsp3) is 0.385. The highest BCUT2D eigenvalue weighted by Crippen LogP contribution is 2.10. The van der Waals surface area contributed by atoms with Crippen LogP contribution in [-0.4, -0.2) is 43.2 Å². The molecule has 2 atom stereocenters. The Bertz CT molecular complexity index is 617. The van der Waals surface area contributed by atoms with Crippen LogP contribution in [-0.2, 0) is 24.4 Å². The third kappa shape index (κ3) is 5.80. The summed E-state index contributed by atoms with van der Waals surface area (Å²) in [7, 11) is -4.48. The summed E-state index contributed by atoms with van der Waals surface area (Å²) in [6, 6.07) is 5.73. The molecule has 0 heterocycles. The number of carbonyl (C=O) groups is 2. The van der Waals surface area contributed by atoms with Crippen LogP contribution in [0.1, 0.15) is 18.5 Å². The van der Waals surface area contributed by atoms with E-state index in [9.17, 15) is 18.0 Å². The minimum absolute atomic E-state index is 0.00141. The molecule has 1 aromatic rings. The molecule has 0 bridgehead atoms. The Kier molecular flexibility index (Phi) is 6.47. The maximum atomic E-state index is 12.0. The highest BCUT2D eigenvalue weighted by atomic mass is 32.2. The van der Waals surface area contributed by atoms with Crippen molar-refractivity contribution in [3.8, 4) is 0 Å². The Balaban J connectivity index is 2.84. The van der Waals surface area contributed by atoms with Gasteiger partial charge in [0.05, 0.1) is 6.61 Å². The zero-order valence-electron chi connectivity index (χ0n) is 11.9. The number of amides is 1. The van der Waals surface area contributed by atoms with Gasteiger partial charge in [0.1, 0.15) is 17.8 Å². The Morgan fingerprint density at radius 1 is 1.32 bits per heavy atom. The summed E-state index contributed by atoms with van der Waals surface area (Å²) in [6.07, 6.45) is 0. The van der Waals surface area contributed by atoms with Gasteiger partial charge in [0.15, 0.2) is 0 Å². The summed E-state index contributed by atoms with van der Waals surface area (Å²) in [5, 5.41) is 2.18. The molecule has 122 valence electrons. The first-order valence-corrected chi connectivity index (χ1v) is 8.08. The van der Waals surface area contributed by atoms with E-state index >= 15 is 0 Å². The van der Waals surface area contributed by atoms with Crippen molar-refractivity contribution < 1.29 is 27.3 Å². The van der Waals surface area contributed by atoms with Gasteiger partial charge in [0.2, 0.25) is 5.91 Å². The fourth-order valence-corrected chi connectivity index (χ4v) is 2.34. The average Bonchev–Trinajstić information content (AvgIpc) is 2.45. The average molecular weight is 330 g/mol. The number of hydrogen-bond donors (Lipinski definition) is 3. The second kappa shape index (κ2) is 7.87. The van der Waals surface area contributed by atoms with Crippen LogP contribution in [0.2, 0.25) is 0 Å². The van der Waals surface area contributed by atoms with E-state index in [2.05, 4.69) is 10.1 Å². The molecule has 1 unspecified atom stereocenters. The lowest BCUT2D eigenvalue weighted by Gasteiger charge is -2.19. The molecule has 0 saturated carbocycles. The molecule has 1 amide bonds. The second-order valence-electron chi connectivity index (χ2n) is 4.45. The molecule has 22 heavy (non-hydrogen) atoms. The fourth-order valence-electron chi connectivity index (χ4n) is 1.70. The van der Waals surface area contributed by atoms with Gasteiger partial charge in [-0.05, 0) is 12.5 Å². The van der Waals surface area contributed by atoms with Crippen LogP contribution in [0.3, 0.4) is 0 Å². The van der Waals surface area contributed by atoms with E-state index in [0.29, 0.717) is 5.56 Å². The molecule has 1 rings (SSSR count). The first kappa shape index (κ1) is 18.1. The van der Waals surface area contributed by atoms with E-state index < -0.39 is 39.8 Å². The van der Waals surface area contributed by atoms with E-state index in [1.165, 1.54) is 6.92 Å². The normalized spacial score (nSPS) is 14.0. The molecule has 9 heteroatoms.